The molecule has 1 atom stereocenters. The number of carbonyl (C=O) groups excluding carboxylic acids is 1. The first kappa shape index (κ1) is 12.2. The van der Waals surface area contributed by atoms with Crippen molar-refractivity contribution in [2.75, 3.05) is 19.5 Å². The van der Waals surface area contributed by atoms with Crippen LogP contribution in [0.15, 0.2) is 0 Å². The van der Waals surface area contributed by atoms with Gasteiger partial charge in [0.05, 0.1) is 12.4 Å². The highest BCUT2D eigenvalue weighted by Gasteiger charge is 2.06. The lowest BCUT2D eigenvalue weighted by atomic mass is 10.3. The van der Waals surface area contributed by atoms with Gasteiger partial charge in [0.25, 0.3) is 0 Å². The lowest BCUT2D eigenvalue weighted by Gasteiger charge is -2.11. The molecule has 6 heteroatoms. The van der Waals surface area contributed by atoms with Crippen molar-refractivity contribution in [1.82, 2.24) is 5.32 Å². The van der Waals surface area contributed by atoms with Gasteiger partial charge in [-0.25, -0.2) is 0 Å². The molecule has 0 aliphatic rings. The Morgan fingerprint density at radius 3 is 2.85 bits per heavy atom. The van der Waals surface area contributed by atoms with Crippen LogP contribution < -0.4 is 11.1 Å². The molecule has 0 saturated heterocycles. The van der Waals surface area contributed by atoms with Crippen LogP contribution in [0.2, 0.25) is 0 Å². The summed E-state index contributed by atoms with van der Waals surface area (Å²) in [5, 5.41) is 9.54. The Kier molecular flexibility index (Phi) is 6.34. The normalized spacial score (nSPS) is 12.2. The van der Waals surface area contributed by atoms with Gasteiger partial charge in [-0.3, -0.25) is 10.2 Å². The molecule has 1 amide bonds. The summed E-state index contributed by atoms with van der Waals surface area (Å²) in [5.74, 6) is 0.0494. The van der Waals surface area contributed by atoms with E-state index in [1.54, 1.807) is 7.11 Å². The van der Waals surface area contributed by atoms with Gasteiger partial charge in [0.1, 0.15) is 0 Å². The number of hydrogen-bond acceptors (Lipinski definition) is 4. The molecule has 0 aromatic heterocycles. The van der Waals surface area contributed by atoms with Crippen LogP contribution in [0.4, 0.5) is 0 Å². The Balaban J connectivity index is 3.55. The second kappa shape index (κ2) is 6.73. The van der Waals surface area contributed by atoms with Crippen LogP contribution in [0.5, 0.6) is 0 Å². The molecule has 0 heterocycles. The van der Waals surface area contributed by atoms with Crippen molar-refractivity contribution in [3.63, 3.8) is 0 Å². The van der Waals surface area contributed by atoms with Crippen molar-refractivity contribution in [3.8, 4) is 0 Å². The Hall–Kier alpha value is -0.750. The average molecular weight is 205 g/mol. The third-order valence-electron chi connectivity index (χ3n) is 1.18. The van der Waals surface area contributed by atoms with E-state index < -0.39 is 0 Å². The van der Waals surface area contributed by atoms with Gasteiger partial charge in [-0.2, -0.15) is 0 Å². The van der Waals surface area contributed by atoms with Gasteiger partial charge in [0.15, 0.2) is 5.17 Å². The first-order valence-corrected chi connectivity index (χ1v) is 4.80. The molecule has 0 saturated carbocycles. The number of nitrogens with one attached hydrogen (secondary N) is 2. The molecule has 4 N–H and O–H groups in total. The summed E-state index contributed by atoms with van der Waals surface area (Å²) in [7, 11) is 1.58. The lowest BCUT2D eigenvalue weighted by Crippen LogP contribution is -2.37. The highest BCUT2D eigenvalue weighted by Crippen LogP contribution is 1.96. The number of thioether (sulfide) groups is 1. The van der Waals surface area contributed by atoms with Crippen molar-refractivity contribution in [3.05, 3.63) is 0 Å². The van der Waals surface area contributed by atoms with Crippen molar-refractivity contribution < 1.29 is 9.53 Å². The number of ether oxygens (including phenoxy) is 1. The van der Waals surface area contributed by atoms with Crippen LogP contribution in [0.3, 0.4) is 0 Å². The summed E-state index contributed by atoms with van der Waals surface area (Å²) in [6.45, 7) is 2.33. The standard InChI is InChI=1S/C7H15N3O2S/c1-5(3-12-2)10-6(11)4-13-7(8)9/h5H,3-4H2,1-2H3,(H3,8,9)(H,10,11). The summed E-state index contributed by atoms with van der Waals surface area (Å²) in [4.78, 5) is 11.1. The molecule has 0 aromatic carbocycles. The van der Waals surface area contributed by atoms with Gasteiger partial charge in [-0.15, -0.1) is 0 Å². The third kappa shape index (κ3) is 7.61. The predicted molar refractivity (Wildman–Crippen MR) is 53.9 cm³/mol. The number of nitrogens with two attached hydrogens (primary N) is 1. The van der Waals surface area contributed by atoms with E-state index in [4.69, 9.17) is 15.9 Å². The summed E-state index contributed by atoms with van der Waals surface area (Å²) in [6, 6.07) is -0.00921. The molecule has 13 heavy (non-hydrogen) atoms. The molecule has 0 aliphatic heterocycles. The largest absolute Gasteiger partial charge is 0.383 e. The fourth-order valence-electron chi connectivity index (χ4n) is 0.751. The molecule has 0 aliphatic carbocycles. The van der Waals surface area contributed by atoms with Crippen molar-refractivity contribution in [2.24, 2.45) is 5.73 Å². The van der Waals surface area contributed by atoms with E-state index in [0.717, 1.165) is 11.8 Å². The Bertz CT molecular complexity index is 187. The number of methoxy groups -OCH3 is 1. The number of amidine groups is 1. The number of hydrogen-bond donors (Lipinski definition) is 3. The first-order chi connectivity index (χ1) is 6.06. The van der Waals surface area contributed by atoms with Crippen LogP contribution in [-0.2, 0) is 9.53 Å². The third-order valence-corrected chi connectivity index (χ3v) is 1.90. The number of rotatable bonds is 5. The fraction of sp³-hybridized carbons (Fsp3) is 0.714. The molecule has 0 bridgehead atoms. The molecule has 76 valence electrons. The summed E-state index contributed by atoms with van der Waals surface area (Å²) < 4.78 is 4.84. The highest BCUT2D eigenvalue weighted by molar-refractivity contribution is 8.14. The molecule has 0 radical (unpaired) electrons. The van der Waals surface area contributed by atoms with Crippen LogP contribution in [-0.4, -0.2) is 36.6 Å². The average Bonchev–Trinajstić information content (AvgIpc) is 2.01. The van der Waals surface area contributed by atoms with E-state index in [-0.39, 0.29) is 22.9 Å². The van der Waals surface area contributed by atoms with Crippen LogP contribution >= 0.6 is 11.8 Å². The van der Waals surface area contributed by atoms with E-state index >= 15 is 0 Å². The predicted octanol–water partition coefficient (Wildman–Crippen LogP) is -0.236. The van der Waals surface area contributed by atoms with E-state index in [0.29, 0.717) is 6.61 Å². The molecule has 0 spiro atoms. The van der Waals surface area contributed by atoms with Gasteiger partial charge in [-0.1, -0.05) is 11.8 Å². The Morgan fingerprint density at radius 1 is 1.77 bits per heavy atom. The van der Waals surface area contributed by atoms with Gasteiger partial charge >= 0.3 is 0 Å². The van der Waals surface area contributed by atoms with Crippen LogP contribution in [0.1, 0.15) is 6.92 Å². The highest BCUT2D eigenvalue weighted by atomic mass is 32.2. The number of amides is 1. The second-order valence-corrected chi connectivity index (χ2v) is 3.59. The lowest BCUT2D eigenvalue weighted by molar-refractivity contribution is -0.119. The van der Waals surface area contributed by atoms with Gasteiger partial charge < -0.3 is 15.8 Å². The first-order valence-electron chi connectivity index (χ1n) is 3.81. The molecule has 0 rings (SSSR count). The quantitative estimate of drug-likeness (QED) is 0.427. The molecule has 5 nitrogen and oxygen atoms in total. The maximum atomic E-state index is 11.1. The zero-order valence-corrected chi connectivity index (χ0v) is 8.61. The van der Waals surface area contributed by atoms with Crippen molar-refractivity contribution >= 4 is 22.8 Å². The molecule has 1 unspecified atom stereocenters. The minimum atomic E-state index is -0.134. The second-order valence-electron chi connectivity index (χ2n) is 2.58. The van der Waals surface area contributed by atoms with Gasteiger partial charge in [-0.05, 0) is 6.92 Å². The fourth-order valence-corrected chi connectivity index (χ4v) is 1.12. The molecule has 0 fully saturated rings. The number of carbonyl (C=O) groups is 1. The topological polar surface area (TPSA) is 88.2 Å². The zero-order valence-electron chi connectivity index (χ0n) is 7.79. The zero-order chi connectivity index (χ0) is 10.3. The Morgan fingerprint density at radius 2 is 2.38 bits per heavy atom. The van der Waals surface area contributed by atoms with Crippen LogP contribution in [0.25, 0.3) is 0 Å². The van der Waals surface area contributed by atoms with Gasteiger partial charge in [0.2, 0.25) is 5.91 Å². The Labute approximate surface area is 81.9 Å². The summed E-state index contributed by atoms with van der Waals surface area (Å²) in [5.41, 5.74) is 5.07. The minimum Gasteiger partial charge on any atom is -0.383 e. The molecular formula is C7H15N3O2S. The van der Waals surface area contributed by atoms with E-state index in [9.17, 15) is 4.79 Å². The van der Waals surface area contributed by atoms with E-state index in [1.807, 2.05) is 6.92 Å². The molecule has 0 aromatic rings. The smallest absolute Gasteiger partial charge is 0.230 e. The van der Waals surface area contributed by atoms with Crippen molar-refractivity contribution in [2.45, 2.75) is 13.0 Å². The minimum absolute atomic E-state index is 0.00921. The van der Waals surface area contributed by atoms with Crippen molar-refractivity contribution in [1.29, 1.82) is 5.41 Å². The van der Waals surface area contributed by atoms with E-state index in [1.165, 1.54) is 0 Å². The van der Waals surface area contributed by atoms with Gasteiger partial charge in [0, 0.05) is 13.2 Å². The monoisotopic (exact) mass is 205 g/mol. The van der Waals surface area contributed by atoms with E-state index in [2.05, 4.69) is 5.32 Å². The maximum absolute atomic E-state index is 11.1. The summed E-state index contributed by atoms with van der Waals surface area (Å²) in [6.07, 6.45) is 0. The van der Waals surface area contributed by atoms with Crippen LogP contribution in [0, 0.1) is 5.41 Å². The summed E-state index contributed by atoms with van der Waals surface area (Å²) >= 11 is 1.01. The maximum Gasteiger partial charge on any atom is 0.230 e. The molecular weight excluding hydrogens is 190 g/mol. The SMILES string of the molecule is COCC(C)NC(=O)CSC(=N)N.